The highest BCUT2D eigenvalue weighted by atomic mass is 79.9. The molecule has 0 unspecified atom stereocenters. The van der Waals surface area contributed by atoms with E-state index in [9.17, 15) is 9.59 Å². The zero-order chi connectivity index (χ0) is 17.6. The van der Waals surface area contributed by atoms with Crippen LogP contribution in [0.1, 0.15) is 12.5 Å². The quantitative estimate of drug-likeness (QED) is 0.667. The van der Waals surface area contributed by atoms with Crippen LogP contribution in [0.5, 0.6) is 0 Å². The second-order valence-electron chi connectivity index (χ2n) is 6.28. The summed E-state index contributed by atoms with van der Waals surface area (Å²) < 4.78 is 2.19. The molecule has 0 fully saturated rings. The highest BCUT2D eigenvalue weighted by Crippen LogP contribution is 2.31. The molecule has 0 saturated carbocycles. The molecular formula is C19H16BrN3O2. The first-order valence-corrected chi connectivity index (χ1v) is 8.88. The molecule has 0 N–H and O–H groups in total. The van der Waals surface area contributed by atoms with Crippen molar-refractivity contribution < 1.29 is 4.79 Å². The first-order chi connectivity index (χ1) is 12.0. The molecule has 3 aromatic rings. The molecule has 0 radical (unpaired) electrons. The lowest BCUT2D eigenvalue weighted by Crippen LogP contribution is -2.40. The number of hydrogen-bond donors (Lipinski definition) is 0. The monoisotopic (exact) mass is 397 g/mol. The molecule has 2 heterocycles. The molecule has 1 aliphatic rings. The normalized spacial score (nSPS) is 16.2. The zero-order valence-corrected chi connectivity index (χ0v) is 15.2. The molecule has 1 aromatic heterocycles. The maximum absolute atomic E-state index is 12.9. The molecule has 126 valence electrons. The van der Waals surface area contributed by atoms with Crippen LogP contribution in [0, 0.1) is 0 Å². The number of fused-ring (bicyclic) bond motifs is 2. The summed E-state index contributed by atoms with van der Waals surface area (Å²) in [5.74, 6) is -0.101. The Kier molecular flexibility index (Phi) is 3.92. The molecule has 1 amide bonds. The molecule has 0 spiro atoms. The van der Waals surface area contributed by atoms with Crippen LogP contribution in [0.15, 0.2) is 58.1 Å². The van der Waals surface area contributed by atoms with Gasteiger partial charge in [0.15, 0.2) is 0 Å². The fourth-order valence-electron chi connectivity index (χ4n) is 3.41. The van der Waals surface area contributed by atoms with E-state index in [2.05, 4.69) is 20.9 Å². The van der Waals surface area contributed by atoms with E-state index in [1.165, 1.54) is 10.9 Å². The summed E-state index contributed by atoms with van der Waals surface area (Å²) in [6.07, 6.45) is 2.28. The zero-order valence-electron chi connectivity index (χ0n) is 13.6. The number of halogens is 1. The van der Waals surface area contributed by atoms with Gasteiger partial charge >= 0.3 is 0 Å². The molecular weight excluding hydrogens is 382 g/mol. The summed E-state index contributed by atoms with van der Waals surface area (Å²) in [6, 6.07) is 13.4. The van der Waals surface area contributed by atoms with E-state index in [1.54, 1.807) is 17.0 Å². The third-order valence-corrected chi connectivity index (χ3v) is 5.06. The summed E-state index contributed by atoms with van der Waals surface area (Å²) in [5.41, 5.74) is 2.51. The van der Waals surface area contributed by atoms with Gasteiger partial charge in [0.05, 0.1) is 17.2 Å². The maximum atomic E-state index is 12.9. The van der Waals surface area contributed by atoms with Crippen LogP contribution in [0.3, 0.4) is 0 Å². The standard InChI is InChI=1S/C19H16BrN3O2/c1-12-8-13-4-2-3-5-17(13)23(12)18(24)10-22-11-21-16-7-6-14(20)9-15(16)19(22)25/h2-7,9,11-12H,8,10H2,1H3/t12-/m1/s1. The Morgan fingerprint density at radius 3 is 2.92 bits per heavy atom. The van der Waals surface area contributed by atoms with Gasteiger partial charge in [-0.3, -0.25) is 14.2 Å². The minimum absolute atomic E-state index is 0.0209. The Labute approximate surface area is 153 Å². The van der Waals surface area contributed by atoms with Crippen molar-refractivity contribution in [3.63, 3.8) is 0 Å². The van der Waals surface area contributed by atoms with E-state index >= 15 is 0 Å². The highest BCUT2D eigenvalue weighted by molar-refractivity contribution is 9.10. The molecule has 5 nitrogen and oxygen atoms in total. The molecule has 1 aliphatic heterocycles. The van der Waals surface area contributed by atoms with E-state index in [-0.39, 0.29) is 24.1 Å². The van der Waals surface area contributed by atoms with Crippen molar-refractivity contribution >= 4 is 38.4 Å². The van der Waals surface area contributed by atoms with Crippen LogP contribution in [-0.4, -0.2) is 21.5 Å². The lowest BCUT2D eigenvalue weighted by Gasteiger charge is -2.23. The van der Waals surface area contributed by atoms with Crippen molar-refractivity contribution in [2.75, 3.05) is 4.90 Å². The van der Waals surface area contributed by atoms with Gasteiger partial charge < -0.3 is 4.90 Å². The second kappa shape index (κ2) is 6.11. The number of aromatic nitrogens is 2. The van der Waals surface area contributed by atoms with Crippen LogP contribution in [0.4, 0.5) is 5.69 Å². The Balaban J connectivity index is 1.69. The number of carbonyl (C=O) groups is 1. The van der Waals surface area contributed by atoms with E-state index < -0.39 is 0 Å². The number of hydrogen-bond acceptors (Lipinski definition) is 3. The van der Waals surface area contributed by atoms with Crippen molar-refractivity contribution in [1.29, 1.82) is 0 Å². The molecule has 1 atom stereocenters. The van der Waals surface area contributed by atoms with Crippen LogP contribution < -0.4 is 10.5 Å². The number of para-hydroxylation sites is 1. The van der Waals surface area contributed by atoms with Gasteiger partial charge in [0.1, 0.15) is 6.54 Å². The summed E-state index contributed by atoms with van der Waals surface area (Å²) in [6.45, 7) is 2.00. The van der Waals surface area contributed by atoms with Crippen molar-refractivity contribution in [1.82, 2.24) is 9.55 Å². The SMILES string of the molecule is C[C@@H]1Cc2ccccc2N1C(=O)Cn1cnc2ccc(Br)cc2c1=O. The Morgan fingerprint density at radius 2 is 2.08 bits per heavy atom. The van der Waals surface area contributed by atoms with E-state index in [1.807, 2.05) is 37.3 Å². The minimum Gasteiger partial charge on any atom is -0.307 e. The Hall–Kier alpha value is -2.47. The molecule has 2 aromatic carbocycles. The van der Waals surface area contributed by atoms with Gasteiger partial charge in [-0.15, -0.1) is 0 Å². The topological polar surface area (TPSA) is 55.2 Å². The number of anilines is 1. The van der Waals surface area contributed by atoms with Crippen LogP contribution in [0.2, 0.25) is 0 Å². The predicted octanol–water partition coefficient (Wildman–Crippen LogP) is 3.14. The van der Waals surface area contributed by atoms with Gasteiger partial charge in [0.2, 0.25) is 5.91 Å². The third kappa shape index (κ3) is 2.76. The van der Waals surface area contributed by atoms with Crippen molar-refractivity contribution in [2.45, 2.75) is 25.9 Å². The lowest BCUT2D eigenvalue weighted by atomic mass is 10.1. The lowest BCUT2D eigenvalue weighted by molar-refractivity contribution is -0.119. The van der Waals surface area contributed by atoms with Crippen molar-refractivity contribution in [3.8, 4) is 0 Å². The maximum Gasteiger partial charge on any atom is 0.261 e. The summed E-state index contributed by atoms with van der Waals surface area (Å²) in [7, 11) is 0. The van der Waals surface area contributed by atoms with Gasteiger partial charge in [-0.2, -0.15) is 0 Å². The average molecular weight is 398 g/mol. The third-order valence-electron chi connectivity index (χ3n) is 4.57. The van der Waals surface area contributed by atoms with Gasteiger partial charge in [0.25, 0.3) is 5.56 Å². The number of carbonyl (C=O) groups excluding carboxylic acids is 1. The smallest absolute Gasteiger partial charge is 0.261 e. The number of nitrogens with zero attached hydrogens (tertiary/aromatic N) is 3. The first-order valence-electron chi connectivity index (χ1n) is 8.09. The van der Waals surface area contributed by atoms with E-state index in [0.717, 1.165) is 22.1 Å². The second-order valence-corrected chi connectivity index (χ2v) is 7.20. The van der Waals surface area contributed by atoms with E-state index in [0.29, 0.717) is 10.9 Å². The molecule has 6 heteroatoms. The number of rotatable bonds is 2. The van der Waals surface area contributed by atoms with Crippen molar-refractivity contribution in [2.24, 2.45) is 0 Å². The predicted molar refractivity (Wildman–Crippen MR) is 101 cm³/mol. The van der Waals surface area contributed by atoms with Crippen molar-refractivity contribution in [3.05, 3.63) is 69.2 Å². The van der Waals surface area contributed by atoms with Crippen LogP contribution in [-0.2, 0) is 17.8 Å². The first kappa shape index (κ1) is 16.0. The van der Waals surface area contributed by atoms with Crippen LogP contribution in [0.25, 0.3) is 10.9 Å². The Morgan fingerprint density at radius 1 is 1.28 bits per heavy atom. The summed E-state index contributed by atoms with van der Waals surface area (Å²) in [5, 5.41) is 0.500. The molecule has 4 rings (SSSR count). The highest BCUT2D eigenvalue weighted by Gasteiger charge is 2.30. The fourth-order valence-corrected chi connectivity index (χ4v) is 3.77. The number of benzene rings is 2. The van der Waals surface area contributed by atoms with Gasteiger partial charge in [-0.05, 0) is 43.2 Å². The fraction of sp³-hybridized carbons (Fsp3) is 0.211. The van der Waals surface area contributed by atoms with Gasteiger partial charge in [-0.1, -0.05) is 34.1 Å². The average Bonchev–Trinajstić information content (AvgIpc) is 2.93. The Bertz CT molecular complexity index is 1040. The van der Waals surface area contributed by atoms with Gasteiger partial charge in [0, 0.05) is 16.2 Å². The molecule has 0 aliphatic carbocycles. The van der Waals surface area contributed by atoms with Crippen LogP contribution >= 0.6 is 15.9 Å². The van der Waals surface area contributed by atoms with E-state index in [4.69, 9.17) is 0 Å². The number of amides is 1. The minimum atomic E-state index is -0.209. The van der Waals surface area contributed by atoms with Gasteiger partial charge in [-0.25, -0.2) is 4.98 Å². The molecule has 0 saturated heterocycles. The largest absolute Gasteiger partial charge is 0.307 e. The molecule has 0 bridgehead atoms. The summed E-state index contributed by atoms with van der Waals surface area (Å²) in [4.78, 5) is 31.6. The summed E-state index contributed by atoms with van der Waals surface area (Å²) >= 11 is 3.37. The molecule has 25 heavy (non-hydrogen) atoms.